The van der Waals surface area contributed by atoms with E-state index in [2.05, 4.69) is 9.88 Å². The number of anilines is 1. The Morgan fingerprint density at radius 2 is 1.80 bits per heavy atom. The molecule has 0 aliphatic heterocycles. The molecule has 0 aliphatic carbocycles. The molecule has 2 aromatic rings. The van der Waals surface area contributed by atoms with E-state index in [0.717, 1.165) is 11.3 Å². The van der Waals surface area contributed by atoms with Gasteiger partial charge in [0.25, 0.3) is 0 Å². The fourth-order valence-electron chi connectivity index (χ4n) is 1.99. The highest BCUT2D eigenvalue weighted by Gasteiger charge is 2.09. The average molecular weight is 270 g/mol. The van der Waals surface area contributed by atoms with Crippen LogP contribution >= 0.6 is 0 Å². The molecule has 2 rings (SSSR count). The number of benzene rings is 1. The smallest absolute Gasteiger partial charge is 0.305 e. The predicted octanol–water partition coefficient (Wildman–Crippen LogP) is 2.87. The molecule has 0 saturated heterocycles. The third-order valence-electron chi connectivity index (χ3n) is 3.12. The molecule has 104 valence electrons. The van der Waals surface area contributed by atoms with Crippen molar-refractivity contribution in [3.05, 3.63) is 59.9 Å². The largest absolute Gasteiger partial charge is 0.481 e. The van der Waals surface area contributed by atoms with Gasteiger partial charge in [0, 0.05) is 31.2 Å². The van der Waals surface area contributed by atoms with Crippen molar-refractivity contribution >= 4 is 11.7 Å². The molecule has 0 radical (unpaired) electrons. The maximum absolute atomic E-state index is 10.8. The topological polar surface area (TPSA) is 53.4 Å². The van der Waals surface area contributed by atoms with Gasteiger partial charge in [0.15, 0.2) is 0 Å². The quantitative estimate of drug-likeness (QED) is 0.877. The van der Waals surface area contributed by atoms with Crippen LogP contribution in [0, 0.1) is 6.92 Å². The van der Waals surface area contributed by atoms with Crippen LogP contribution in [-0.2, 0) is 11.3 Å². The summed E-state index contributed by atoms with van der Waals surface area (Å²) in [5.74, 6) is -0.781. The molecule has 0 saturated carbocycles. The number of aryl methyl sites for hydroxylation is 1. The number of hydrogen-bond donors (Lipinski definition) is 1. The van der Waals surface area contributed by atoms with Crippen LogP contribution in [-0.4, -0.2) is 22.6 Å². The second-order valence-corrected chi connectivity index (χ2v) is 4.76. The number of carboxylic acids is 1. The summed E-state index contributed by atoms with van der Waals surface area (Å²) in [6, 6.07) is 12.0. The zero-order valence-electron chi connectivity index (χ0n) is 11.5. The Balaban J connectivity index is 2.15. The van der Waals surface area contributed by atoms with E-state index in [9.17, 15) is 4.79 Å². The van der Waals surface area contributed by atoms with Gasteiger partial charge in [-0.15, -0.1) is 0 Å². The Hall–Kier alpha value is -2.36. The molecule has 0 aliphatic rings. The fraction of sp³-hybridized carbons (Fsp3) is 0.250. The summed E-state index contributed by atoms with van der Waals surface area (Å²) < 4.78 is 0. The normalized spacial score (nSPS) is 10.2. The SMILES string of the molecule is Cc1ccc(N(CCC(=O)O)Cc2ccncc2)cc1. The molecule has 20 heavy (non-hydrogen) atoms. The van der Waals surface area contributed by atoms with Crippen LogP contribution in [0.25, 0.3) is 0 Å². The number of rotatable bonds is 6. The summed E-state index contributed by atoms with van der Waals surface area (Å²) in [5.41, 5.74) is 3.34. The molecule has 0 bridgehead atoms. The van der Waals surface area contributed by atoms with Crippen molar-refractivity contribution < 1.29 is 9.90 Å². The van der Waals surface area contributed by atoms with Crippen LogP contribution in [0.15, 0.2) is 48.8 Å². The molecule has 1 aromatic heterocycles. The Bertz CT molecular complexity index is 552. The van der Waals surface area contributed by atoms with Crippen molar-refractivity contribution in [2.24, 2.45) is 0 Å². The summed E-state index contributed by atoms with van der Waals surface area (Å²) >= 11 is 0. The molecule has 1 aromatic carbocycles. The lowest BCUT2D eigenvalue weighted by Gasteiger charge is -2.24. The van der Waals surface area contributed by atoms with Crippen molar-refractivity contribution in [1.82, 2.24) is 4.98 Å². The average Bonchev–Trinajstić information content (AvgIpc) is 2.45. The van der Waals surface area contributed by atoms with E-state index >= 15 is 0 Å². The number of aliphatic carboxylic acids is 1. The third kappa shape index (κ3) is 4.09. The fourth-order valence-corrected chi connectivity index (χ4v) is 1.99. The molecule has 1 N–H and O–H groups in total. The van der Waals surface area contributed by atoms with Gasteiger partial charge in [0.05, 0.1) is 6.42 Å². The minimum absolute atomic E-state index is 0.124. The molecule has 0 amide bonds. The first-order chi connectivity index (χ1) is 9.65. The van der Waals surface area contributed by atoms with E-state index in [1.165, 1.54) is 5.56 Å². The van der Waals surface area contributed by atoms with E-state index in [0.29, 0.717) is 13.1 Å². The molecule has 4 nitrogen and oxygen atoms in total. The zero-order valence-corrected chi connectivity index (χ0v) is 11.5. The van der Waals surface area contributed by atoms with Gasteiger partial charge >= 0.3 is 5.97 Å². The van der Waals surface area contributed by atoms with Crippen LogP contribution in [0.3, 0.4) is 0 Å². The lowest BCUT2D eigenvalue weighted by Crippen LogP contribution is -2.25. The van der Waals surface area contributed by atoms with E-state index in [-0.39, 0.29) is 6.42 Å². The Labute approximate surface area is 118 Å². The number of carboxylic acid groups (broad SMARTS) is 1. The highest BCUT2D eigenvalue weighted by Crippen LogP contribution is 2.18. The van der Waals surface area contributed by atoms with Crippen molar-refractivity contribution in [2.75, 3.05) is 11.4 Å². The monoisotopic (exact) mass is 270 g/mol. The van der Waals surface area contributed by atoms with Gasteiger partial charge < -0.3 is 10.0 Å². The van der Waals surface area contributed by atoms with E-state index in [1.807, 2.05) is 43.3 Å². The van der Waals surface area contributed by atoms with Crippen molar-refractivity contribution in [3.63, 3.8) is 0 Å². The number of hydrogen-bond acceptors (Lipinski definition) is 3. The third-order valence-corrected chi connectivity index (χ3v) is 3.12. The number of nitrogens with zero attached hydrogens (tertiary/aromatic N) is 2. The van der Waals surface area contributed by atoms with Gasteiger partial charge in [0.1, 0.15) is 0 Å². The predicted molar refractivity (Wildman–Crippen MR) is 78.7 cm³/mol. The summed E-state index contributed by atoms with van der Waals surface area (Å²) in [7, 11) is 0. The Kier molecular flexibility index (Phi) is 4.71. The number of pyridine rings is 1. The highest BCUT2D eigenvalue weighted by atomic mass is 16.4. The summed E-state index contributed by atoms with van der Waals surface area (Å²) in [6.45, 7) is 3.20. The van der Waals surface area contributed by atoms with Crippen LogP contribution in [0.5, 0.6) is 0 Å². The molecule has 4 heteroatoms. The van der Waals surface area contributed by atoms with Gasteiger partial charge in [-0.05, 0) is 36.8 Å². The standard InChI is InChI=1S/C16H18N2O2/c1-13-2-4-15(5-3-13)18(11-8-16(19)20)12-14-6-9-17-10-7-14/h2-7,9-10H,8,11-12H2,1H3,(H,19,20). The second kappa shape index (κ2) is 6.70. The van der Waals surface area contributed by atoms with Crippen molar-refractivity contribution in [3.8, 4) is 0 Å². The summed E-state index contributed by atoms with van der Waals surface area (Å²) in [5, 5.41) is 8.88. The first-order valence-corrected chi connectivity index (χ1v) is 6.57. The molecule has 1 heterocycles. The molecule has 0 fully saturated rings. The minimum atomic E-state index is -0.781. The van der Waals surface area contributed by atoms with Gasteiger partial charge in [-0.2, -0.15) is 0 Å². The van der Waals surface area contributed by atoms with E-state index in [1.54, 1.807) is 12.4 Å². The van der Waals surface area contributed by atoms with Crippen LogP contribution in [0.1, 0.15) is 17.5 Å². The molecule has 0 spiro atoms. The summed E-state index contributed by atoms with van der Waals surface area (Å²) in [6.07, 6.45) is 3.62. The van der Waals surface area contributed by atoms with Gasteiger partial charge in [-0.1, -0.05) is 17.7 Å². The Morgan fingerprint density at radius 3 is 2.40 bits per heavy atom. The molecule has 0 atom stereocenters. The van der Waals surface area contributed by atoms with E-state index < -0.39 is 5.97 Å². The van der Waals surface area contributed by atoms with Crippen LogP contribution < -0.4 is 4.90 Å². The van der Waals surface area contributed by atoms with E-state index in [4.69, 9.17) is 5.11 Å². The highest BCUT2D eigenvalue weighted by molar-refractivity contribution is 5.67. The number of carbonyl (C=O) groups is 1. The lowest BCUT2D eigenvalue weighted by molar-refractivity contribution is -0.136. The van der Waals surface area contributed by atoms with Crippen LogP contribution in [0.4, 0.5) is 5.69 Å². The Morgan fingerprint density at radius 1 is 1.15 bits per heavy atom. The summed E-state index contributed by atoms with van der Waals surface area (Å²) in [4.78, 5) is 16.9. The minimum Gasteiger partial charge on any atom is -0.481 e. The lowest BCUT2D eigenvalue weighted by atomic mass is 10.2. The van der Waals surface area contributed by atoms with Gasteiger partial charge in [0.2, 0.25) is 0 Å². The first-order valence-electron chi connectivity index (χ1n) is 6.57. The first kappa shape index (κ1) is 14.1. The molecule has 0 unspecified atom stereocenters. The maximum atomic E-state index is 10.8. The second-order valence-electron chi connectivity index (χ2n) is 4.76. The van der Waals surface area contributed by atoms with Crippen molar-refractivity contribution in [2.45, 2.75) is 19.9 Å². The molecular formula is C16H18N2O2. The van der Waals surface area contributed by atoms with Crippen molar-refractivity contribution in [1.29, 1.82) is 0 Å². The molecular weight excluding hydrogens is 252 g/mol. The number of aromatic nitrogens is 1. The van der Waals surface area contributed by atoms with Gasteiger partial charge in [-0.25, -0.2) is 0 Å². The zero-order chi connectivity index (χ0) is 14.4. The van der Waals surface area contributed by atoms with Crippen LogP contribution in [0.2, 0.25) is 0 Å². The van der Waals surface area contributed by atoms with Gasteiger partial charge in [-0.3, -0.25) is 9.78 Å². The maximum Gasteiger partial charge on any atom is 0.305 e.